The van der Waals surface area contributed by atoms with Gasteiger partial charge < -0.3 is 15.6 Å². The second kappa shape index (κ2) is 6.51. The highest BCUT2D eigenvalue weighted by Crippen LogP contribution is 2.12. The third-order valence-corrected chi connectivity index (χ3v) is 2.18. The molecule has 2 amide bonds. The van der Waals surface area contributed by atoms with Gasteiger partial charge in [0.25, 0.3) is 0 Å². The third kappa shape index (κ3) is 6.19. The molecule has 0 aromatic rings. The number of imide groups is 1. The van der Waals surface area contributed by atoms with Gasteiger partial charge in [-0.05, 0) is 26.7 Å². The molecule has 0 aliphatic heterocycles. The molecule has 0 heterocycles. The van der Waals surface area contributed by atoms with Crippen molar-refractivity contribution in [2.45, 2.75) is 46.3 Å². The summed E-state index contributed by atoms with van der Waals surface area (Å²) in [7, 11) is 0. The van der Waals surface area contributed by atoms with Gasteiger partial charge in [-0.3, -0.25) is 9.59 Å². The lowest BCUT2D eigenvalue weighted by molar-refractivity contribution is -0.144. The molecule has 0 saturated heterocycles. The number of aliphatic carboxylic acids is 1. The van der Waals surface area contributed by atoms with Gasteiger partial charge in [-0.1, -0.05) is 13.8 Å². The average molecular weight is 274 g/mol. The van der Waals surface area contributed by atoms with Crippen LogP contribution in [-0.2, 0) is 14.3 Å². The molecule has 1 atom stereocenters. The zero-order valence-corrected chi connectivity index (χ0v) is 12.0. The summed E-state index contributed by atoms with van der Waals surface area (Å²) in [4.78, 5) is 35.1. The summed E-state index contributed by atoms with van der Waals surface area (Å²) in [6.07, 6.45) is -1.00. The highest BCUT2D eigenvalue weighted by Gasteiger charge is 2.33. The van der Waals surface area contributed by atoms with E-state index in [1.165, 1.54) is 0 Å². The Bertz CT molecular complexity index is 360. The van der Waals surface area contributed by atoms with Crippen molar-refractivity contribution >= 4 is 18.0 Å². The molecule has 3 N–H and O–H groups in total. The van der Waals surface area contributed by atoms with E-state index in [2.05, 4.69) is 0 Å². The largest absolute Gasteiger partial charge is 0.480 e. The van der Waals surface area contributed by atoms with Gasteiger partial charge in [-0.25, -0.2) is 9.69 Å². The smallest absolute Gasteiger partial charge is 0.417 e. The molecular formula is C12H22N2O5. The molecule has 7 nitrogen and oxygen atoms in total. The lowest BCUT2D eigenvalue weighted by atomic mass is 10.0. The Kier molecular flexibility index (Phi) is 5.95. The maximum atomic E-state index is 12.0. The number of rotatable bonds is 4. The number of carbonyl (C=O) groups excluding carboxylic acids is 2. The predicted molar refractivity (Wildman–Crippen MR) is 68.4 cm³/mol. The van der Waals surface area contributed by atoms with E-state index in [0.717, 1.165) is 0 Å². The molecule has 0 saturated carbocycles. The van der Waals surface area contributed by atoms with Crippen molar-refractivity contribution in [1.82, 2.24) is 4.90 Å². The molecule has 0 aliphatic carbocycles. The molecule has 0 rings (SSSR count). The van der Waals surface area contributed by atoms with Crippen LogP contribution in [0.1, 0.15) is 34.6 Å². The van der Waals surface area contributed by atoms with Crippen LogP contribution in [0.4, 0.5) is 4.79 Å². The van der Waals surface area contributed by atoms with Crippen LogP contribution in [0.3, 0.4) is 0 Å². The molecule has 0 spiro atoms. The van der Waals surface area contributed by atoms with Gasteiger partial charge in [-0.2, -0.15) is 0 Å². The molecule has 110 valence electrons. The van der Waals surface area contributed by atoms with Crippen molar-refractivity contribution in [1.29, 1.82) is 0 Å². The number of ether oxygens (including phenoxy) is 1. The minimum Gasteiger partial charge on any atom is -0.480 e. The second-order valence-electron chi connectivity index (χ2n) is 5.57. The van der Waals surface area contributed by atoms with Gasteiger partial charge in [0, 0.05) is 0 Å². The SMILES string of the molecule is CC(C)C(N)C(=O)N(CC(=O)O)C(=O)OC(C)(C)C. The Labute approximate surface area is 112 Å². The molecule has 1 unspecified atom stereocenters. The molecule has 0 aromatic carbocycles. The Hall–Kier alpha value is -1.63. The maximum Gasteiger partial charge on any atom is 0.417 e. The molecule has 19 heavy (non-hydrogen) atoms. The highest BCUT2D eigenvalue weighted by atomic mass is 16.6. The van der Waals surface area contributed by atoms with Crippen molar-refractivity contribution in [3.63, 3.8) is 0 Å². The van der Waals surface area contributed by atoms with Crippen LogP contribution < -0.4 is 5.73 Å². The van der Waals surface area contributed by atoms with Gasteiger partial charge in [-0.15, -0.1) is 0 Å². The first-order valence-corrected chi connectivity index (χ1v) is 5.97. The molecule has 0 radical (unpaired) electrons. The van der Waals surface area contributed by atoms with E-state index in [4.69, 9.17) is 15.6 Å². The Morgan fingerprint density at radius 1 is 1.26 bits per heavy atom. The number of nitrogens with zero attached hydrogens (tertiary/aromatic N) is 1. The number of amides is 2. The van der Waals surface area contributed by atoms with E-state index in [0.29, 0.717) is 4.90 Å². The number of carbonyl (C=O) groups is 3. The lowest BCUT2D eigenvalue weighted by Gasteiger charge is -2.27. The van der Waals surface area contributed by atoms with Crippen LogP contribution in [0.25, 0.3) is 0 Å². The minimum absolute atomic E-state index is 0.216. The molecular weight excluding hydrogens is 252 g/mol. The fraction of sp³-hybridized carbons (Fsp3) is 0.750. The van der Waals surface area contributed by atoms with E-state index in [-0.39, 0.29) is 5.92 Å². The van der Waals surface area contributed by atoms with Crippen molar-refractivity contribution in [3.05, 3.63) is 0 Å². The molecule has 0 fully saturated rings. The summed E-state index contributed by atoms with van der Waals surface area (Å²) in [5.41, 5.74) is 4.82. The summed E-state index contributed by atoms with van der Waals surface area (Å²) in [6, 6.07) is -0.952. The van der Waals surface area contributed by atoms with Crippen LogP contribution in [0.15, 0.2) is 0 Å². The van der Waals surface area contributed by atoms with Crippen LogP contribution in [0.5, 0.6) is 0 Å². The second-order valence-corrected chi connectivity index (χ2v) is 5.57. The summed E-state index contributed by atoms with van der Waals surface area (Å²) < 4.78 is 5.00. The number of hydrogen-bond acceptors (Lipinski definition) is 5. The first-order chi connectivity index (χ1) is 8.45. The third-order valence-electron chi connectivity index (χ3n) is 2.18. The monoisotopic (exact) mass is 274 g/mol. The van der Waals surface area contributed by atoms with Crippen molar-refractivity contribution in [2.24, 2.45) is 11.7 Å². The summed E-state index contributed by atoms with van der Waals surface area (Å²) in [6.45, 7) is 7.51. The van der Waals surface area contributed by atoms with Gasteiger partial charge in [0.05, 0.1) is 6.04 Å². The number of carboxylic acid groups (broad SMARTS) is 1. The number of carboxylic acids is 1. The maximum absolute atomic E-state index is 12.0. The highest BCUT2D eigenvalue weighted by molar-refractivity contribution is 5.97. The summed E-state index contributed by atoms with van der Waals surface area (Å²) >= 11 is 0. The normalized spacial score (nSPS) is 13.0. The summed E-state index contributed by atoms with van der Waals surface area (Å²) in [5.74, 6) is -2.28. The molecule has 0 aliphatic rings. The average Bonchev–Trinajstić information content (AvgIpc) is 2.20. The van der Waals surface area contributed by atoms with Gasteiger partial charge in [0.1, 0.15) is 12.1 Å². The Morgan fingerprint density at radius 3 is 2.05 bits per heavy atom. The lowest BCUT2D eigenvalue weighted by Crippen LogP contribution is -2.52. The fourth-order valence-electron chi connectivity index (χ4n) is 1.15. The van der Waals surface area contributed by atoms with Gasteiger partial charge in [0.2, 0.25) is 5.91 Å². The zero-order chi connectivity index (χ0) is 15.4. The fourth-order valence-corrected chi connectivity index (χ4v) is 1.15. The molecule has 0 aromatic heterocycles. The van der Waals surface area contributed by atoms with Crippen molar-refractivity contribution in [2.75, 3.05) is 6.54 Å². The quantitative estimate of drug-likeness (QED) is 0.785. The summed E-state index contributed by atoms with van der Waals surface area (Å²) in [5, 5.41) is 8.76. The first-order valence-electron chi connectivity index (χ1n) is 5.97. The van der Waals surface area contributed by atoms with Gasteiger partial charge >= 0.3 is 12.1 Å². The van der Waals surface area contributed by atoms with Gasteiger partial charge in [0.15, 0.2) is 0 Å². The standard InChI is InChI=1S/C12H22N2O5/c1-7(2)9(13)10(17)14(6-8(15)16)11(18)19-12(3,4)5/h7,9H,6,13H2,1-5H3,(H,15,16). The predicted octanol–water partition coefficient (Wildman–Crippen LogP) is 0.818. The number of nitrogens with two attached hydrogens (primary N) is 1. The molecule has 0 bridgehead atoms. The number of hydrogen-bond donors (Lipinski definition) is 2. The van der Waals surface area contributed by atoms with E-state index in [1.54, 1.807) is 34.6 Å². The minimum atomic E-state index is -1.31. The van der Waals surface area contributed by atoms with Crippen molar-refractivity contribution in [3.8, 4) is 0 Å². The van der Waals surface area contributed by atoms with E-state index < -0.39 is 36.2 Å². The first kappa shape index (κ1) is 17.4. The Balaban J connectivity index is 5.06. The van der Waals surface area contributed by atoms with Crippen LogP contribution in [0, 0.1) is 5.92 Å². The molecule has 7 heteroatoms. The van der Waals surface area contributed by atoms with E-state index in [1.807, 2.05) is 0 Å². The van der Waals surface area contributed by atoms with Crippen LogP contribution >= 0.6 is 0 Å². The van der Waals surface area contributed by atoms with Crippen LogP contribution in [0.2, 0.25) is 0 Å². The van der Waals surface area contributed by atoms with Crippen molar-refractivity contribution < 1.29 is 24.2 Å². The van der Waals surface area contributed by atoms with E-state index in [9.17, 15) is 14.4 Å². The Morgan fingerprint density at radius 2 is 1.74 bits per heavy atom. The zero-order valence-electron chi connectivity index (χ0n) is 12.0. The topological polar surface area (TPSA) is 110 Å². The van der Waals surface area contributed by atoms with Crippen LogP contribution in [-0.4, -0.2) is 46.2 Å². The van der Waals surface area contributed by atoms with E-state index >= 15 is 0 Å².